The molecule has 252 valence electrons. The lowest BCUT2D eigenvalue weighted by atomic mass is 9.70. The van der Waals surface area contributed by atoms with Crippen molar-refractivity contribution in [1.29, 1.82) is 0 Å². The van der Waals surface area contributed by atoms with Gasteiger partial charge in [-0.2, -0.15) is 5.10 Å². The predicted molar refractivity (Wildman–Crippen MR) is 177 cm³/mol. The van der Waals surface area contributed by atoms with E-state index in [-0.39, 0.29) is 35.6 Å². The molecule has 4 aliphatic rings. The largest absolute Gasteiger partial charge is 0.371 e. The molecule has 2 saturated heterocycles. The minimum absolute atomic E-state index is 0.185. The second-order valence-electron chi connectivity index (χ2n) is 14.2. The zero-order chi connectivity index (χ0) is 33.5. The van der Waals surface area contributed by atoms with Gasteiger partial charge in [0.2, 0.25) is 17.7 Å². The lowest BCUT2D eigenvalue weighted by molar-refractivity contribution is -0.156. The molecule has 3 atom stereocenters. The van der Waals surface area contributed by atoms with Crippen molar-refractivity contribution >= 4 is 23.6 Å². The summed E-state index contributed by atoms with van der Waals surface area (Å²) >= 11 is 0. The first-order valence-corrected chi connectivity index (χ1v) is 17.0. The number of likely N-dealkylation sites (tertiary alicyclic amines) is 2. The van der Waals surface area contributed by atoms with Gasteiger partial charge in [-0.1, -0.05) is 60.7 Å². The van der Waals surface area contributed by atoms with Crippen molar-refractivity contribution in [2.45, 2.75) is 57.9 Å². The Hall–Kier alpha value is -4.51. The molecule has 3 heterocycles. The molecule has 11 heteroatoms. The first-order chi connectivity index (χ1) is 23.2. The van der Waals surface area contributed by atoms with Gasteiger partial charge in [0, 0.05) is 44.8 Å². The minimum Gasteiger partial charge on any atom is -0.371 e. The van der Waals surface area contributed by atoms with Gasteiger partial charge in [0.05, 0.1) is 42.3 Å². The number of nitrogens with one attached hydrogen (secondary N) is 2. The molecule has 2 N–H and O–H groups in total. The molecule has 3 aromatic rings. The van der Waals surface area contributed by atoms with Crippen molar-refractivity contribution in [3.8, 4) is 0 Å². The van der Waals surface area contributed by atoms with Gasteiger partial charge in [0.25, 0.3) is 5.91 Å². The van der Waals surface area contributed by atoms with Crippen LogP contribution in [0.15, 0.2) is 73.1 Å². The Kier molecular flexibility index (Phi) is 8.57. The van der Waals surface area contributed by atoms with E-state index in [1.807, 2.05) is 65.6 Å². The van der Waals surface area contributed by atoms with E-state index in [4.69, 9.17) is 4.74 Å². The molecule has 7 rings (SSSR count). The minimum atomic E-state index is -0.938. The second kappa shape index (κ2) is 12.8. The smallest absolute Gasteiger partial charge is 0.257 e. The summed E-state index contributed by atoms with van der Waals surface area (Å²) in [6, 6.07) is 18.6. The molecular formula is C37H44N6O5. The number of carbonyl (C=O) groups excluding carboxylic acids is 4. The van der Waals surface area contributed by atoms with Gasteiger partial charge in [-0.25, -0.2) is 0 Å². The highest BCUT2D eigenvalue weighted by atomic mass is 16.5. The van der Waals surface area contributed by atoms with E-state index in [9.17, 15) is 19.2 Å². The van der Waals surface area contributed by atoms with E-state index in [1.165, 1.54) is 7.05 Å². The van der Waals surface area contributed by atoms with E-state index < -0.39 is 23.5 Å². The third-order valence-corrected chi connectivity index (χ3v) is 10.8. The van der Waals surface area contributed by atoms with Crippen molar-refractivity contribution in [2.75, 3.05) is 33.2 Å². The summed E-state index contributed by atoms with van der Waals surface area (Å²) in [4.78, 5) is 58.4. The van der Waals surface area contributed by atoms with Crippen LogP contribution in [0, 0.1) is 22.7 Å². The zero-order valence-corrected chi connectivity index (χ0v) is 27.6. The fraction of sp³-hybridized carbons (Fsp3) is 0.486. The number of nitrogens with zero attached hydrogens (tertiary/aromatic N) is 4. The number of hydrogen-bond donors (Lipinski definition) is 2. The SMILES string of the molecule is CNC(=O)[C@@H](NC(=O)[C@@H]1CN(C(=O)c2cnn(Cc3ccccc3)c2)CC12CN(C(=O)C1(C3CC3)CC1)C2)[C@@H](C)OCc1ccccc1. The summed E-state index contributed by atoms with van der Waals surface area (Å²) in [5.41, 5.74) is 1.67. The quantitative estimate of drug-likeness (QED) is 0.310. The number of likely N-dealkylation sites (N-methyl/N-ethyl adjacent to an activating group) is 1. The first-order valence-electron chi connectivity index (χ1n) is 17.0. The van der Waals surface area contributed by atoms with Crippen molar-refractivity contribution in [3.05, 3.63) is 89.7 Å². The predicted octanol–water partition coefficient (Wildman–Crippen LogP) is 2.86. The Balaban J connectivity index is 1.07. The van der Waals surface area contributed by atoms with E-state index in [2.05, 4.69) is 15.7 Å². The van der Waals surface area contributed by atoms with E-state index >= 15 is 0 Å². The third-order valence-electron chi connectivity index (χ3n) is 10.8. The maximum atomic E-state index is 14.2. The Morgan fingerprint density at radius 1 is 0.938 bits per heavy atom. The van der Waals surface area contributed by atoms with Crippen LogP contribution in [0.2, 0.25) is 0 Å². The maximum Gasteiger partial charge on any atom is 0.257 e. The van der Waals surface area contributed by atoms with Crippen molar-refractivity contribution < 1.29 is 23.9 Å². The van der Waals surface area contributed by atoms with Crippen LogP contribution in [0.3, 0.4) is 0 Å². The molecule has 2 aliphatic carbocycles. The lowest BCUT2D eigenvalue weighted by Gasteiger charge is -2.51. The van der Waals surface area contributed by atoms with Crippen LogP contribution in [-0.4, -0.2) is 88.6 Å². The highest BCUT2D eigenvalue weighted by Crippen LogP contribution is 2.63. The maximum absolute atomic E-state index is 14.2. The van der Waals surface area contributed by atoms with Crippen molar-refractivity contribution in [3.63, 3.8) is 0 Å². The number of hydrogen-bond acceptors (Lipinski definition) is 6. The number of carbonyl (C=O) groups is 4. The summed E-state index contributed by atoms with van der Waals surface area (Å²) < 4.78 is 7.79. The normalized spacial score (nSPS) is 21.7. The van der Waals surface area contributed by atoms with Crippen molar-refractivity contribution in [2.24, 2.45) is 22.7 Å². The highest BCUT2D eigenvalue weighted by Gasteiger charge is 2.65. The molecule has 1 spiro atoms. The number of rotatable bonds is 12. The fourth-order valence-electron chi connectivity index (χ4n) is 7.76. The lowest BCUT2D eigenvalue weighted by Crippen LogP contribution is -2.66. The summed E-state index contributed by atoms with van der Waals surface area (Å²) in [6.45, 7) is 3.96. The van der Waals surface area contributed by atoms with Crippen LogP contribution < -0.4 is 10.6 Å². The summed E-state index contributed by atoms with van der Waals surface area (Å²) in [5, 5.41) is 10.1. The van der Waals surface area contributed by atoms with Crippen LogP contribution in [0.5, 0.6) is 0 Å². The van der Waals surface area contributed by atoms with E-state index in [0.717, 1.165) is 36.8 Å². The third kappa shape index (κ3) is 6.23. The van der Waals surface area contributed by atoms with E-state index in [1.54, 1.807) is 28.9 Å². The number of amides is 4. The summed E-state index contributed by atoms with van der Waals surface area (Å²) in [7, 11) is 1.53. The van der Waals surface area contributed by atoms with Gasteiger partial charge in [-0.3, -0.25) is 23.9 Å². The molecular weight excluding hydrogens is 608 g/mol. The zero-order valence-electron chi connectivity index (χ0n) is 27.6. The molecule has 11 nitrogen and oxygen atoms in total. The first kappa shape index (κ1) is 32.1. The van der Waals surface area contributed by atoms with Crippen LogP contribution in [-0.2, 0) is 32.3 Å². The molecule has 4 fully saturated rings. The van der Waals surface area contributed by atoms with Gasteiger partial charge in [0.15, 0.2) is 0 Å². The van der Waals surface area contributed by atoms with Crippen LogP contribution in [0.25, 0.3) is 0 Å². The average Bonchev–Trinajstić information content (AvgIpc) is 4.01. The average molecular weight is 653 g/mol. The van der Waals surface area contributed by atoms with Crippen LogP contribution >= 0.6 is 0 Å². The van der Waals surface area contributed by atoms with Crippen molar-refractivity contribution in [1.82, 2.24) is 30.2 Å². The van der Waals surface area contributed by atoms with Crippen LogP contribution in [0.1, 0.15) is 54.1 Å². The van der Waals surface area contributed by atoms with Gasteiger partial charge >= 0.3 is 0 Å². The molecule has 48 heavy (non-hydrogen) atoms. The van der Waals surface area contributed by atoms with Crippen LogP contribution in [0.4, 0.5) is 0 Å². The number of aromatic nitrogens is 2. The number of ether oxygens (including phenoxy) is 1. The Bertz CT molecular complexity index is 1660. The van der Waals surface area contributed by atoms with Gasteiger partial charge < -0.3 is 25.2 Å². The van der Waals surface area contributed by atoms with Gasteiger partial charge in [0.1, 0.15) is 6.04 Å². The monoisotopic (exact) mass is 652 g/mol. The standard InChI is InChI=1S/C37H44N6O5/c1-25(48-21-27-11-7-4-8-12-27)31(33(45)38-2)40-32(44)30-20-41(34(46)28-17-39-43(19-28)18-26-9-5-3-6-10-26)22-36(30)23-42(24-36)35(47)37(15-16-37)29-13-14-29/h3-12,17,19,25,29-31H,13-16,18,20-24H2,1-2H3,(H,38,45)(H,40,44)/t25-,30+,31+/m1/s1. The summed E-state index contributed by atoms with van der Waals surface area (Å²) in [6.07, 6.45) is 6.80. The topological polar surface area (TPSA) is 126 Å². The number of benzene rings is 2. The second-order valence-corrected chi connectivity index (χ2v) is 14.2. The Morgan fingerprint density at radius 3 is 2.21 bits per heavy atom. The molecule has 4 amide bonds. The molecule has 2 aromatic carbocycles. The Labute approximate surface area is 281 Å². The molecule has 0 bridgehead atoms. The molecule has 0 radical (unpaired) electrons. The molecule has 0 unspecified atom stereocenters. The fourth-order valence-corrected chi connectivity index (χ4v) is 7.76. The Morgan fingerprint density at radius 2 is 1.58 bits per heavy atom. The van der Waals surface area contributed by atoms with E-state index in [0.29, 0.717) is 44.3 Å². The molecule has 1 aromatic heterocycles. The van der Waals surface area contributed by atoms with Gasteiger partial charge in [-0.05, 0) is 49.7 Å². The van der Waals surface area contributed by atoms with Gasteiger partial charge in [-0.15, -0.1) is 0 Å². The highest BCUT2D eigenvalue weighted by molar-refractivity contribution is 5.96. The summed E-state index contributed by atoms with van der Waals surface area (Å²) in [5.74, 6) is -0.792. The molecule has 2 aliphatic heterocycles. The molecule has 2 saturated carbocycles.